The molecule has 176 valence electrons. The highest BCUT2D eigenvalue weighted by atomic mass is 16.5. The standard InChI is InChI=1S/C26H32N2O5/c1-2-18(16-25(30)31)28-24(29)14-4-3-9-15-27-26(32)33-17-23-21-12-7-5-10-19(21)20-11-6-8-13-22(20)23/h5-8,10-13,18,23H,2-4,9,14-17H2,1H3,(H,27,32)(H,28,29)(H,30,31)/t18-/m1/s1. The summed E-state index contributed by atoms with van der Waals surface area (Å²) in [5, 5.41) is 14.4. The Labute approximate surface area is 194 Å². The number of hydrogen-bond donors (Lipinski definition) is 3. The maximum atomic E-state index is 12.2. The normalized spacial score (nSPS) is 13.0. The van der Waals surface area contributed by atoms with E-state index in [1.54, 1.807) is 0 Å². The van der Waals surface area contributed by atoms with Gasteiger partial charge in [0.1, 0.15) is 6.61 Å². The quantitative estimate of drug-likeness (QED) is 0.413. The van der Waals surface area contributed by atoms with Crippen molar-refractivity contribution in [3.05, 3.63) is 59.7 Å². The van der Waals surface area contributed by atoms with Crippen molar-refractivity contribution < 1.29 is 24.2 Å². The number of unbranched alkanes of at least 4 members (excludes halogenated alkanes) is 2. The Morgan fingerprint density at radius 1 is 0.970 bits per heavy atom. The van der Waals surface area contributed by atoms with Crippen LogP contribution in [0.1, 0.15) is 62.5 Å². The Bertz CT molecular complexity index is 929. The summed E-state index contributed by atoms with van der Waals surface area (Å²) in [6, 6.07) is 16.1. The summed E-state index contributed by atoms with van der Waals surface area (Å²) in [5.41, 5.74) is 4.75. The number of carbonyl (C=O) groups is 3. The monoisotopic (exact) mass is 452 g/mol. The Morgan fingerprint density at radius 3 is 2.21 bits per heavy atom. The highest BCUT2D eigenvalue weighted by Crippen LogP contribution is 2.44. The van der Waals surface area contributed by atoms with Gasteiger partial charge < -0.3 is 20.5 Å². The minimum absolute atomic E-state index is 0.0368. The molecular weight excluding hydrogens is 420 g/mol. The lowest BCUT2D eigenvalue weighted by molar-refractivity contribution is -0.137. The van der Waals surface area contributed by atoms with Crippen molar-refractivity contribution in [3.63, 3.8) is 0 Å². The molecule has 0 spiro atoms. The number of aliphatic carboxylic acids is 1. The van der Waals surface area contributed by atoms with Gasteiger partial charge in [0.2, 0.25) is 5.91 Å². The summed E-state index contributed by atoms with van der Waals surface area (Å²) < 4.78 is 5.51. The average Bonchev–Trinajstić information content (AvgIpc) is 3.13. The molecule has 2 aromatic carbocycles. The molecular formula is C26H32N2O5. The Balaban J connectivity index is 1.33. The van der Waals surface area contributed by atoms with Gasteiger partial charge in [-0.05, 0) is 41.5 Å². The highest BCUT2D eigenvalue weighted by molar-refractivity contribution is 5.79. The molecule has 7 heteroatoms. The van der Waals surface area contributed by atoms with Gasteiger partial charge in [0.05, 0.1) is 6.42 Å². The van der Waals surface area contributed by atoms with E-state index in [-0.39, 0.29) is 30.9 Å². The number of benzene rings is 2. The van der Waals surface area contributed by atoms with E-state index in [9.17, 15) is 14.4 Å². The maximum absolute atomic E-state index is 12.2. The number of amides is 2. The zero-order valence-corrected chi connectivity index (χ0v) is 19.0. The fourth-order valence-corrected chi connectivity index (χ4v) is 4.24. The number of fused-ring (bicyclic) bond motifs is 3. The smallest absolute Gasteiger partial charge is 0.407 e. The van der Waals surface area contributed by atoms with Crippen molar-refractivity contribution >= 4 is 18.0 Å². The SMILES string of the molecule is CC[C@H](CC(=O)O)NC(=O)CCCCCNC(=O)OCC1c2ccccc2-c2ccccc21. The summed E-state index contributed by atoms with van der Waals surface area (Å²) in [6.07, 6.45) is 2.64. The van der Waals surface area contributed by atoms with Crippen LogP contribution in [0.2, 0.25) is 0 Å². The summed E-state index contributed by atoms with van der Waals surface area (Å²) in [7, 11) is 0. The summed E-state index contributed by atoms with van der Waals surface area (Å²) >= 11 is 0. The number of alkyl carbamates (subject to hydrolysis) is 1. The van der Waals surface area contributed by atoms with E-state index in [0.29, 0.717) is 25.8 Å². The molecule has 1 atom stereocenters. The second-order valence-electron chi connectivity index (χ2n) is 8.33. The largest absolute Gasteiger partial charge is 0.481 e. The van der Waals surface area contributed by atoms with Crippen molar-refractivity contribution in [2.45, 2.75) is 57.4 Å². The Morgan fingerprint density at radius 2 is 1.61 bits per heavy atom. The molecule has 0 radical (unpaired) electrons. The zero-order chi connectivity index (χ0) is 23.6. The van der Waals surface area contributed by atoms with Gasteiger partial charge in [0.25, 0.3) is 0 Å². The molecule has 33 heavy (non-hydrogen) atoms. The van der Waals surface area contributed by atoms with Crippen LogP contribution in [0.25, 0.3) is 11.1 Å². The van der Waals surface area contributed by atoms with Crippen LogP contribution < -0.4 is 10.6 Å². The number of carboxylic acids is 1. The lowest BCUT2D eigenvalue weighted by Gasteiger charge is -2.15. The third-order valence-corrected chi connectivity index (χ3v) is 5.97. The van der Waals surface area contributed by atoms with Gasteiger partial charge in [-0.1, -0.05) is 61.9 Å². The van der Waals surface area contributed by atoms with E-state index in [1.807, 2.05) is 31.2 Å². The van der Waals surface area contributed by atoms with Crippen LogP contribution in [0.4, 0.5) is 4.79 Å². The molecule has 3 rings (SSSR count). The molecule has 0 unspecified atom stereocenters. The molecule has 0 saturated carbocycles. The minimum atomic E-state index is -0.915. The molecule has 2 amide bonds. The predicted molar refractivity (Wildman–Crippen MR) is 126 cm³/mol. The van der Waals surface area contributed by atoms with E-state index in [0.717, 1.165) is 12.8 Å². The first kappa shape index (κ1) is 24.3. The number of nitrogens with one attached hydrogen (secondary N) is 2. The van der Waals surface area contributed by atoms with Crippen LogP contribution in [-0.4, -0.2) is 42.3 Å². The lowest BCUT2D eigenvalue weighted by atomic mass is 9.98. The van der Waals surface area contributed by atoms with Gasteiger partial charge in [-0.3, -0.25) is 9.59 Å². The molecule has 0 bridgehead atoms. The molecule has 2 aromatic rings. The first-order chi connectivity index (χ1) is 16.0. The van der Waals surface area contributed by atoms with Crippen molar-refractivity contribution in [2.75, 3.05) is 13.2 Å². The Hall–Kier alpha value is -3.35. The van der Waals surface area contributed by atoms with Crippen LogP contribution in [-0.2, 0) is 14.3 Å². The molecule has 0 fully saturated rings. The van der Waals surface area contributed by atoms with Gasteiger partial charge in [-0.25, -0.2) is 4.79 Å². The number of hydrogen-bond acceptors (Lipinski definition) is 4. The molecule has 0 aromatic heterocycles. The summed E-state index contributed by atoms with van der Waals surface area (Å²) in [6.45, 7) is 2.62. The number of carboxylic acid groups (broad SMARTS) is 1. The average molecular weight is 453 g/mol. The third-order valence-electron chi connectivity index (χ3n) is 5.97. The fourth-order valence-electron chi connectivity index (χ4n) is 4.24. The van der Waals surface area contributed by atoms with E-state index < -0.39 is 12.1 Å². The van der Waals surface area contributed by atoms with Crippen LogP contribution in [0.15, 0.2) is 48.5 Å². The number of rotatable bonds is 12. The van der Waals surface area contributed by atoms with Gasteiger partial charge in [0, 0.05) is 24.9 Å². The van der Waals surface area contributed by atoms with Gasteiger partial charge >= 0.3 is 12.1 Å². The molecule has 0 aliphatic heterocycles. The third kappa shape index (κ3) is 6.81. The second kappa shape index (κ2) is 12.0. The van der Waals surface area contributed by atoms with Crippen LogP contribution >= 0.6 is 0 Å². The van der Waals surface area contributed by atoms with E-state index >= 15 is 0 Å². The van der Waals surface area contributed by atoms with Crippen LogP contribution in [0.3, 0.4) is 0 Å². The molecule has 1 aliphatic rings. The zero-order valence-electron chi connectivity index (χ0n) is 19.0. The van der Waals surface area contributed by atoms with Gasteiger partial charge in [0.15, 0.2) is 0 Å². The predicted octanol–water partition coefficient (Wildman–Crippen LogP) is 4.46. The summed E-state index contributed by atoms with van der Waals surface area (Å²) in [5.74, 6) is -1.01. The first-order valence-electron chi connectivity index (χ1n) is 11.6. The van der Waals surface area contributed by atoms with E-state index in [4.69, 9.17) is 9.84 Å². The molecule has 7 nitrogen and oxygen atoms in total. The van der Waals surface area contributed by atoms with Gasteiger partial charge in [-0.2, -0.15) is 0 Å². The summed E-state index contributed by atoms with van der Waals surface area (Å²) in [4.78, 5) is 34.9. The lowest BCUT2D eigenvalue weighted by Crippen LogP contribution is -2.35. The van der Waals surface area contributed by atoms with Crippen LogP contribution in [0, 0.1) is 0 Å². The van der Waals surface area contributed by atoms with Crippen molar-refractivity contribution in [3.8, 4) is 11.1 Å². The second-order valence-corrected chi connectivity index (χ2v) is 8.33. The minimum Gasteiger partial charge on any atom is -0.481 e. The van der Waals surface area contributed by atoms with E-state index in [2.05, 4.69) is 34.9 Å². The first-order valence-corrected chi connectivity index (χ1v) is 11.6. The van der Waals surface area contributed by atoms with Crippen molar-refractivity contribution in [1.82, 2.24) is 10.6 Å². The molecule has 0 heterocycles. The maximum Gasteiger partial charge on any atom is 0.407 e. The number of carbonyl (C=O) groups excluding carboxylic acids is 2. The molecule has 3 N–H and O–H groups in total. The topological polar surface area (TPSA) is 105 Å². The Kier molecular flexibility index (Phi) is 8.87. The van der Waals surface area contributed by atoms with Crippen molar-refractivity contribution in [1.29, 1.82) is 0 Å². The highest BCUT2D eigenvalue weighted by Gasteiger charge is 2.28. The molecule has 1 aliphatic carbocycles. The molecule has 0 saturated heterocycles. The number of ether oxygens (including phenoxy) is 1. The van der Waals surface area contributed by atoms with E-state index in [1.165, 1.54) is 22.3 Å². The fraction of sp³-hybridized carbons (Fsp3) is 0.423. The van der Waals surface area contributed by atoms with Crippen molar-refractivity contribution in [2.24, 2.45) is 0 Å². The van der Waals surface area contributed by atoms with Gasteiger partial charge in [-0.15, -0.1) is 0 Å². The van der Waals surface area contributed by atoms with Crippen LogP contribution in [0.5, 0.6) is 0 Å².